The van der Waals surface area contributed by atoms with E-state index in [2.05, 4.69) is 28.4 Å². The van der Waals surface area contributed by atoms with Gasteiger partial charge in [0.2, 0.25) is 0 Å². The number of nitrogens with zero attached hydrogens (tertiary/aromatic N) is 3. The number of rotatable bonds is 5. The second kappa shape index (κ2) is 5.60. The van der Waals surface area contributed by atoms with Crippen LogP contribution in [0.2, 0.25) is 0 Å². The molecule has 0 aliphatic rings. The molecule has 1 unspecified atom stereocenters. The Morgan fingerprint density at radius 1 is 1.43 bits per heavy atom. The molecule has 3 rings (SSSR count). The summed E-state index contributed by atoms with van der Waals surface area (Å²) >= 11 is 0. The Bertz CT molecular complexity index is 730. The van der Waals surface area contributed by atoms with Crippen LogP contribution in [0.3, 0.4) is 0 Å². The standard InChI is InChI=1S/C16H20N4O/c1-11(6-7-14-5-4-8-21-14)18-13-9-15-12(2)19-20(3)16(15)17-10-13/h4-5,8-11,18H,6-7H2,1-3H3. The van der Waals surface area contributed by atoms with Gasteiger partial charge in [-0.15, -0.1) is 0 Å². The first-order chi connectivity index (χ1) is 10.1. The van der Waals surface area contributed by atoms with E-state index in [9.17, 15) is 0 Å². The maximum atomic E-state index is 5.36. The first-order valence-electron chi connectivity index (χ1n) is 7.22. The van der Waals surface area contributed by atoms with E-state index >= 15 is 0 Å². The fourth-order valence-electron chi connectivity index (χ4n) is 2.56. The fraction of sp³-hybridized carbons (Fsp3) is 0.375. The van der Waals surface area contributed by atoms with Crippen molar-refractivity contribution in [3.63, 3.8) is 0 Å². The third kappa shape index (κ3) is 2.91. The number of fused-ring (bicyclic) bond motifs is 1. The van der Waals surface area contributed by atoms with Crippen LogP contribution in [0.25, 0.3) is 11.0 Å². The predicted molar refractivity (Wildman–Crippen MR) is 83.4 cm³/mol. The lowest BCUT2D eigenvalue weighted by atomic mass is 10.1. The molecule has 0 fully saturated rings. The van der Waals surface area contributed by atoms with Gasteiger partial charge in [-0.1, -0.05) is 0 Å². The Kier molecular flexibility index (Phi) is 3.64. The lowest BCUT2D eigenvalue weighted by molar-refractivity contribution is 0.495. The van der Waals surface area contributed by atoms with Gasteiger partial charge in [0.1, 0.15) is 5.76 Å². The number of aryl methyl sites for hydroxylation is 3. The van der Waals surface area contributed by atoms with Gasteiger partial charge in [0.25, 0.3) is 0 Å². The number of aromatic nitrogens is 3. The van der Waals surface area contributed by atoms with Crippen LogP contribution >= 0.6 is 0 Å². The minimum atomic E-state index is 0.353. The monoisotopic (exact) mass is 284 g/mol. The Labute approximate surface area is 124 Å². The van der Waals surface area contributed by atoms with E-state index in [1.54, 1.807) is 6.26 Å². The molecule has 5 nitrogen and oxygen atoms in total. The van der Waals surface area contributed by atoms with Crippen molar-refractivity contribution < 1.29 is 4.42 Å². The Balaban J connectivity index is 1.68. The summed E-state index contributed by atoms with van der Waals surface area (Å²) < 4.78 is 7.17. The van der Waals surface area contributed by atoms with Crippen molar-refractivity contribution in [1.82, 2.24) is 14.8 Å². The molecule has 1 N–H and O–H groups in total. The van der Waals surface area contributed by atoms with Crippen LogP contribution in [-0.4, -0.2) is 20.8 Å². The lowest BCUT2D eigenvalue weighted by Crippen LogP contribution is -2.16. The molecular weight excluding hydrogens is 264 g/mol. The van der Waals surface area contributed by atoms with Crippen LogP contribution in [0.5, 0.6) is 0 Å². The molecule has 21 heavy (non-hydrogen) atoms. The van der Waals surface area contributed by atoms with Crippen LogP contribution in [0, 0.1) is 6.92 Å². The number of pyridine rings is 1. The molecule has 3 heterocycles. The third-order valence-corrected chi connectivity index (χ3v) is 3.68. The van der Waals surface area contributed by atoms with Gasteiger partial charge >= 0.3 is 0 Å². The molecule has 3 aromatic heterocycles. The van der Waals surface area contributed by atoms with Gasteiger partial charge in [-0.2, -0.15) is 5.10 Å². The normalized spacial score (nSPS) is 12.7. The van der Waals surface area contributed by atoms with Gasteiger partial charge < -0.3 is 9.73 Å². The van der Waals surface area contributed by atoms with Crippen molar-refractivity contribution in [2.24, 2.45) is 7.05 Å². The highest BCUT2D eigenvalue weighted by Gasteiger charge is 2.09. The van der Waals surface area contributed by atoms with E-state index in [0.29, 0.717) is 6.04 Å². The van der Waals surface area contributed by atoms with Crippen molar-refractivity contribution in [3.05, 3.63) is 42.1 Å². The summed E-state index contributed by atoms with van der Waals surface area (Å²) in [4.78, 5) is 4.48. The smallest absolute Gasteiger partial charge is 0.157 e. The number of hydrogen-bond donors (Lipinski definition) is 1. The van der Waals surface area contributed by atoms with Crippen molar-refractivity contribution in [2.45, 2.75) is 32.7 Å². The lowest BCUT2D eigenvalue weighted by Gasteiger charge is -2.14. The molecule has 0 amide bonds. The molecule has 0 aromatic carbocycles. The first-order valence-corrected chi connectivity index (χ1v) is 7.22. The summed E-state index contributed by atoms with van der Waals surface area (Å²) in [7, 11) is 1.92. The molecule has 1 atom stereocenters. The largest absolute Gasteiger partial charge is 0.469 e. The highest BCUT2D eigenvalue weighted by Crippen LogP contribution is 2.20. The summed E-state index contributed by atoms with van der Waals surface area (Å²) in [6, 6.07) is 6.41. The van der Waals surface area contributed by atoms with Gasteiger partial charge in [0, 0.05) is 24.9 Å². The summed E-state index contributed by atoms with van der Waals surface area (Å²) in [6.45, 7) is 4.18. The molecule has 0 aliphatic carbocycles. The van der Waals surface area contributed by atoms with E-state index < -0.39 is 0 Å². The molecule has 0 bridgehead atoms. The van der Waals surface area contributed by atoms with Gasteiger partial charge in [0.05, 0.1) is 23.8 Å². The van der Waals surface area contributed by atoms with Crippen LogP contribution in [-0.2, 0) is 13.5 Å². The predicted octanol–water partition coefficient (Wildman–Crippen LogP) is 3.30. The summed E-state index contributed by atoms with van der Waals surface area (Å²) in [5, 5.41) is 8.98. The van der Waals surface area contributed by atoms with Gasteiger partial charge in [-0.25, -0.2) is 4.98 Å². The summed E-state index contributed by atoms with van der Waals surface area (Å²) in [5.41, 5.74) is 2.96. The van der Waals surface area contributed by atoms with Gasteiger partial charge in [-0.05, 0) is 38.5 Å². The number of hydrogen-bond acceptors (Lipinski definition) is 4. The molecule has 0 aliphatic heterocycles. The first kappa shape index (κ1) is 13.7. The van der Waals surface area contributed by atoms with Crippen molar-refractivity contribution in [3.8, 4) is 0 Å². The molecule has 5 heteroatoms. The number of anilines is 1. The van der Waals surface area contributed by atoms with Crippen molar-refractivity contribution in [1.29, 1.82) is 0 Å². The van der Waals surface area contributed by atoms with Crippen LogP contribution < -0.4 is 5.32 Å². The molecule has 110 valence electrons. The minimum Gasteiger partial charge on any atom is -0.469 e. The van der Waals surface area contributed by atoms with Crippen LogP contribution in [0.4, 0.5) is 5.69 Å². The quantitative estimate of drug-likeness (QED) is 0.781. The fourth-order valence-corrected chi connectivity index (χ4v) is 2.56. The minimum absolute atomic E-state index is 0.353. The molecule has 0 saturated carbocycles. The average Bonchev–Trinajstić information content (AvgIpc) is 3.06. The van der Waals surface area contributed by atoms with Crippen molar-refractivity contribution in [2.75, 3.05) is 5.32 Å². The zero-order valence-corrected chi connectivity index (χ0v) is 12.6. The molecule has 0 radical (unpaired) electrons. The van der Waals surface area contributed by atoms with E-state index in [4.69, 9.17) is 4.42 Å². The molecule has 0 saturated heterocycles. The topological polar surface area (TPSA) is 55.9 Å². The highest BCUT2D eigenvalue weighted by atomic mass is 16.3. The third-order valence-electron chi connectivity index (χ3n) is 3.68. The van der Waals surface area contributed by atoms with Gasteiger partial charge in [-0.3, -0.25) is 4.68 Å². The SMILES string of the molecule is Cc1nn(C)c2ncc(NC(C)CCc3ccco3)cc12. The number of nitrogens with one attached hydrogen (secondary N) is 1. The average molecular weight is 284 g/mol. The summed E-state index contributed by atoms with van der Waals surface area (Å²) in [6.07, 6.45) is 5.53. The Morgan fingerprint density at radius 3 is 3.05 bits per heavy atom. The van der Waals surface area contributed by atoms with Crippen LogP contribution in [0.1, 0.15) is 24.8 Å². The van der Waals surface area contributed by atoms with Crippen molar-refractivity contribution >= 4 is 16.7 Å². The van der Waals surface area contributed by atoms with E-state index in [1.165, 1.54) is 0 Å². The highest BCUT2D eigenvalue weighted by molar-refractivity contribution is 5.81. The maximum absolute atomic E-state index is 5.36. The second-order valence-electron chi connectivity index (χ2n) is 5.47. The molecule has 0 spiro atoms. The maximum Gasteiger partial charge on any atom is 0.157 e. The van der Waals surface area contributed by atoms with E-state index in [-0.39, 0.29) is 0 Å². The molecule has 3 aromatic rings. The van der Waals surface area contributed by atoms with E-state index in [1.807, 2.05) is 37.0 Å². The van der Waals surface area contributed by atoms with Gasteiger partial charge in [0.15, 0.2) is 5.65 Å². The second-order valence-corrected chi connectivity index (χ2v) is 5.47. The zero-order chi connectivity index (χ0) is 14.8. The Hall–Kier alpha value is -2.30. The number of furan rings is 1. The zero-order valence-electron chi connectivity index (χ0n) is 12.6. The summed E-state index contributed by atoms with van der Waals surface area (Å²) in [5.74, 6) is 1.03. The molecular formula is C16H20N4O. The van der Waals surface area contributed by atoms with Crippen LogP contribution in [0.15, 0.2) is 35.1 Å². The van der Waals surface area contributed by atoms with E-state index in [0.717, 1.165) is 41.0 Å². The Morgan fingerprint density at radius 2 is 2.29 bits per heavy atom.